The standard InChI is InChI=1S/C51H34O/c1-51(2)44-28-25-35(30-43(44)41-27-29-45-48(49(41)51)42-26-24-33-14-6-7-15-36(33)50(42)52-45)47-39-18-10-8-16-37(39)46(38-17-9-11-19-40(38)47)34-22-20-32(21-23-34)31-12-4-3-5-13-31/h3-30H,1-2H3. The second-order valence-corrected chi connectivity index (χ2v) is 14.8. The van der Waals surface area contributed by atoms with Gasteiger partial charge in [-0.1, -0.05) is 166 Å². The Morgan fingerprint density at radius 2 is 0.962 bits per heavy atom. The maximum Gasteiger partial charge on any atom is 0.143 e. The molecule has 9 aromatic carbocycles. The fourth-order valence-electron chi connectivity index (χ4n) is 9.28. The molecule has 1 aliphatic carbocycles. The maximum absolute atomic E-state index is 6.65. The summed E-state index contributed by atoms with van der Waals surface area (Å²) in [6.45, 7) is 4.75. The summed E-state index contributed by atoms with van der Waals surface area (Å²) in [5.41, 5.74) is 14.6. The van der Waals surface area contributed by atoms with Crippen LogP contribution >= 0.6 is 0 Å². The van der Waals surface area contributed by atoms with Crippen LogP contribution in [0.2, 0.25) is 0 Å². The summed E-state index contributed by atoms with van der Waals surface area (Å²) >= 11 is 0. The van der Waals surface area contributed by atoms with E-state index >= 15 is 0 Å². The Bertz CT molecular complexity index is 3010. The van der Waals surface area contributed by atoms with E-state index in [0.717, 1.165) is 16.6 Å². The van der Waals surface area contributed by atoms with Crippen molar-refractivity contribution < 1.29 is 4.42 Å². The molecule has 244 valence electrons. The Kier molecular flexibility index (Phi) is 6.08. The van der Waals surface area contributed by atoms with Crippen LogP contribution in [0.3, 0.4) is 0 Å². The lowest BCUT2D eigenvalue weighted by Gasteiger charge is -2.23. The zero-order valence-electron chi connectivity index (χ0n) is 29.1. The largest absolute Gasteiger partial charge is 0.455 e. The van der Waals surface area contributed by atoms with E-state index in [-0.39, 0.29) is 5.41 Å². The van der Waals surface area contributed by atoms with Gasteiger partial charge in [-0.25, -0.2) is 0 Å². The molecule has 0 amide bonds. The second-order valence-electron chi connectivity index (χ2n) is 14.8. The minimum absolute atomic E-state index is 0.189. The monoisotopic (exact) mass is 662 g/mol. The van der Waals surface area contributed by atoms with Crippen molar-refractivity contribution in [2.24, 2.45) is 0 Å². The maximum atomic E-state index is 6.65. The Labute approximate surface area is 302 Å². The number of furan rings is 1. The van der Waals surface area contributed by atoms with Crippen LogP contribution in [0.1, 0.15) is 25.0 Å². The average Bonchev–Trinajstić information content (AvgIpc) is 3.69. The number of rotatable bonds is 3. The summed E-state index contributed by atoms with van der Waals surface area (Å²) in [6, 6.07) is 62.3. The van der Waals surface area contributed by atoms with Gasteiger partial charge < -0.3 is 4.42 Å². The molecule has 0 atom stereocenters. The number of hydrogen-bond donors (Lipinski definition) is 0. The van der Waals surface area contributed by atoms with Crippen molar-refractivity contribution in [2.45, 2.75) is 19.3 Å². The Morgan fingerprint density at radius 1 is 0.404 bits per heavy atom. The van der Waals surface area contributed by atoms with E-state index in [1.54, 1.807) is 0 Å². The Balaban J connectivity index is 1.13. The van der Waals surface area contributed by atoms with Crippen LogP contribution < -0.4 is 0 Å². The molecule has 52 heavy (non-hydrogen) atoms. The smallest absolute Gasteiger partial charge is 0.143 e. The van der Waals surface area contributed by atoms with E-state index in [1.807, 2.05) is 0 Å². The van der Waals surface area contributed by atoms with Crippen molar-refractivity contribution in [1.29, 1.82) is 0 Å². The fourth-order valence-corrected chi connectivity index (χ4v) is 9.28. The average molecular weight is 663 g/mol. The van der Waals surface area contributed by atoms with Gasteiger partial charge in [0.2, 0.25) is 0 Å². The molecule has 0 unspecified atom stereocenters. The predicted molar refractivity (Wildman–Crippen MR) is 220 cm³/mol. The number of hydrogen-bond acceptors (Lipinski definition) is 1. The highest BCUT2D eigenvalue weighted by Gasteiger charge is 2.38. The molecule has 1 aromatic heterocycles. The molecule has 0 radical (unpaired) electrons. The molecule has 0 fully saturated rings. The van der Waals surface area contributed by atoms with Gasteiger partial charge in [0.15, 0.2) is 0 Å². The van der Waals surface area contributed by atoms with Gasteiger partial charge in [0.25, 0.3) is 0 Å². The van der Waals surface area contributed by atoms with Gasteiger partial charge in [-0.2, -0.15) is 0 Å². The molecule has 0 bridgehead atoms. The van der Waals surface area contributed by atoms with Gasteiger partial charge in [-0.15, -0.1) is 0 Å². The van der Waals surface area contributed by atoms with E-state index < -0.39 is 0 Å². The van der Waals surface area contributed by atoms with Crippen LogP contribution in [-0.2, 0) is 5.41 Å². The number of benzene rings is 9. The lowest BCUT2D eigenvalue weighted by Crippen LogP contribution is -2.15. The first-order valence-corrected chi connectivity index (χ1v) is 18.2. The van der Waals surface area contributed by atoms with Crippen LogP contribution in [-0.4, -0.2) is 0 Å². The third-order valence-electron chi connectivity index (χ3n) is 11.6. The third kappa shape index (κ3) is 4.05. The highest BCUT2D eigenvalue weighted by atomic mass is 16.3. The van der Waals surface area contributed by atoms with Gasteiger partial charge >= 0.3 is 0 Å². The van der Waals surface area contributed by atoms with E-state index in [4.69, 9.17) is 4.42 Å². The molecule has 0 spiro atoms. The first kappa shape index (κ1) is 29.3. The van der Waals surface area contributed by atoms with Crippen molar-refractivity contribution in [3.63, 3.8) is 0 Å². The summed E-state index contributed by atoms with van der Waals surface area (Å²) in [5, 5.41) is 9.86. The van der Waals surface area contributed by atoms with Crippen molar-refractivity contribution in [2.75, 3.05) is 0 Å². The zero-order valence-corrected chi connectivity index (χ0v) is 29.1. The summed E-state index contributed by atoms with van der Waals surface area (Å²) in [6.07, 6.45) is 0. The van der Waals surface area contributed by atoms with E-state index in [1.165, 1.54) is 93.3 Å². The molecule has 11 rings (SSSR count). The van der Waals surface area contributed by atoms with Gasteiger partial charge in [0.05, 0.1) is 0 Å². The summed E-state index contributed by atoms with van der Waals surface area (Å²) in [7, 11) is 0. The highest BCUT2D eigenvalue weighted by Crippen LogP contribution is 2.55. The molecule has 1 heterocycles. The lowest BCUT2D eigenvalue weighted by atomic mass is 9.80. The molecule has 1 nitrogen and oxygen atoms in total. The molecule has 0 saturated heterocycles. The minimum Gasteiger partial charge on any atom is -0.455 e. The van der Waals surface area contributed by atoms with E-state index in [2.05, 4.69) is 184 Å². The second kappa shape index (κ2) is 10.8. The van der Waals surface area contributed by atoms with Crippen LogP contribution in [0.4, 0.5) is 0 Å². The minimum atomic E-state index is -0.189. The van der Waals surface area contributed by atoms with Crippen molar-refractivity contribution in [3.05, 3.63) is 181 Å². The SMILES string of the molecule is CC1(C)c2ccc(-c3c4ccccc4c(-c4ccc(-c5ccccc5)cc4)c4ccccc34)cc2-c2ccc3oc4c5ccccc5ccc4c3c21. The molecular formula is C51H34O. The van der Waals surface area contributed by atoms with Crippen LogP contribution in [0, 0.1) is 0 Å². The van der Waals surface area contributed by atoms with Gasteiger partial charge in [-0.3, -0.25) is 0 Å². The molecule has 1 heteroatoms. The fraction of sp³-hybridized carbons (Fsp3) is 0.0588. The molecule has 0 N–H and O–H groups in total. The third-order valence-corrected chi connectivity index (χ3v) is 11.6. The van der Waals surface area contributed by atoms with Gasteiger partial charge in [-0.05, 0) is 101 Å². The quantitative estimate of drug-likeness (QED) is 0.172. The summed E-state index contributed by atoms with van der Waals surface area (Å²) in [5.74, 6) is 0. The van der Waals surface area contributed by atoms with E-state index in [9.17, 15) is 0 Å². The first-order valence-electron chi connectivity index (χ1n) is 18.2. The molecule has 0 saturated carbocycles. The molecular weight excluding hydrogens is 629 g/mol. The number of fused-ring (bicyclic) bond motifs is 11. The van der Waals surface area contributed by atoms with E-state index in [0.29, 0.717) is 0 Å². The van der Waals surface area contributed by atoms with Crippen molar-refractivity contribution in [1.82, 2.24) is 0 Å². The van der Waals surface area contributed by atoms with Crippen molar-refractivity contribution in [3.8, 4) is 44.5 Å². The topological polar surface area (TPSA) is 13.1 Å². The first-order chi connectivity index (χ1) is 25.6. The normalized spacial score (nSPS) is 13.3. The van der Waals surface area contributed by atoms with Gasteiger partial charge in [0.1, 0.15) is 11.2 Å². The summed E-state index contributed by atoms with van der Waals surface area (Å²) in [4.78, 5) is 0. The Morgan fingerprint density at radius 3 is 1.65 bits per heavy atom. The predicted octanol–water partition coefficient (Wildman–Crippen LogP) is 14.4. The molecule has 1 aliphatic rings. The summed E-state index contributed by atoms with van der Waals surface area (Å²) < 4.78 is 6.65. The van der Waals surface area contributed by atoms with Gasteiger partial charge in [0, 0.05) is 21.6 Å². The zero-order chi connectivity index (χ0) is 34.6. The molecule has 0 aliphatic heterocycles. The van der Waals surface area contributed by atoms with Crippen molar-refractivity contribution >= 4 is 54.3 Å². The Hall–Kier alpha value is -6.44. The lowest BCUT2D eigenvalue weighted by molar-refractivity contribution is 0.658. The van der Waals surface area contributed by atoms with Crippen LogP contribution in [0.15, 0.2) is 174 Å². The van der Waals surface area contributed by atoms with Crippen LogP contribution in [0.25, 0.3) is 98.8 Å². The van der Waals surface area contributed by atoms with Crippen LogP contribution in [0.5, 0.6) is 0 Å². The molecule has 10 aromatic rings. The highest BCUT2D eigenvalue weighted by molar-refractivity contribution is 6.22.